The van der Waals surface area contributed by atoms with Gasteiger partial charge in [0.25, 0.3) is 0 Å². The average Bonchev–Trinajstić information content (AvgIpc) is 2.74. The average molecular weight is 394 g/mol. The fourth-order valence-corrected chi connectivity index (χ4v) is 2.80. The molecule has 0 aromatic heterocycles. The highest BCUT2D eigenvalue weighted by Gasteiger charge is 2.07. The zero-order valence-corrected chi connectivity index (χ0v) is 16.6. The van der Waals surface area contributed by atoms with Crippen molar-refractivity contribution in [2.75, 3.05) is 24.9 Å². The van der Waals surface area contributed by atoms with E-state index in [1.807, 2.05) is 72.8 Å². The van der Waals surface area contributed by atoms with Gasteiger partial charge in [0.1, 0.15) is 23.9 Å². The largest absolute Gasteiger partial charge is 0.497 e. The fourth-order valence-electron chi connectivity index (χ4n) is 2.57. The molecule has 2 N–H and O–H groups in total. The van der Waals surface area contributed by atoms with Crippen LogP contribution in [0.3, 0.4) is 0 Å². The van der Waals surface area contributed by atoms with Gasteiger partial charge < -0.3 is 24.8 Å². The van der Waals surface area contributed by atoms with E-state index in [1.54, 1.807) is 14.2 Å². The molecule has 3 rings (SSSR count). The van der Waals surface area contributed by atoms with Gasteiger partial charge >= 0.3 is 0 Å². The Morgan fingerprint density at radius 1 is 0.821 bits per heavy atom. The molecule has 0 unspecified atom stereocenters. The third kappa shape index (κ3) is 5.37. The van der Waals surface area contributed by atoms with Crippen LogP contribution in [0.25, 0.3) is 0 Å². The summed E-state index contributed by atoms with van der Waals surface area (Å²) in [5.41, 5.74) is 2.70. The summed E-state index contributed by atoms with van der Waals surface area (Å²) in [6, 6.07) is 23.2. The number of ether oxygens (including phenoxy) is 3. The normalized spacial score (nSPS) is 10.1. The summed E-state index contributed by atoms with van der Waals surface area (Å²) >= 11 is 5.40. The first kappa shape index (κ1) is 19.5. The van der Waals surface area contributed by atoms with Crippen LogP contribution in [0.4, 0.5) is 11.4 Å². The molecule has 0 radical (unpaired) electrons. The van der Waals surface area contributed by atoms with E-state index in [0.29, 0.717) is 23.2 Å². The molecule has 0 atom stereocenters. The Hall–Kier alpha value is -3.25. The van der Waals surface area contributed by atoms with Gasteiger partial charge in [-0.05, 0) is 54.2 Å². The van der Waals surface area contributed by atoms with E-state index in [4.69, 9.17) is 26.4 Å². The fraction of sp³-hybridized carbons (Fsp3) is 0.136. The summed E-state index contributed by atoms with van der Waals surface area (Å²) in [6.07, 6.45) is 0. The number of benzene rings is 3. The van der Waals surface area contributed by atoms with E-state index < -0.39 is 0 Å². The van der Waals surface area contributed by atoms with Crippen molar-refractivity contribution >= 4 is 28.7 Å². The van der Waals surface area contributed by atoms with Gasteiger partial charge in [-0.15, -0.1) is 0 Å². The predicted octanol–water partition coefficient (Wildman–Crippen LogP) is 5.09. The predicted molar refractivity (Wildman–Crippen MR) is 117 cm³/mol. The van der Waals surface area contributed by atoms with Crippen molar-refractivity contribution in [1.29, 1.82) is 0 Å². The number of rotatable bonds is 7. The van der Waals surface area contributed by atoms with Crippen LogP contribution in [0.2, 0.25) is 0 Å². The Balaban J connectivity index is 1.57. The van der Waals surface area contributed by atoms with E-state index in [1.165, 1.54) is 0 Å². The molecule has 3 aromatic rings. The van der Waals surface area contributed by atoms with Gasteiger partial charge in [0.2, 0.25) is 0 Å². The molecular weight excluding hydrogens is 372 g/mol. The second-order valence-electron chi connectivity index (χ2n) is 5.94. The van der Waals surface area contributed by atoms with Crippen molar-refractivity contribution in [3.8, 4) is 17.2 Å². The summed E-state index contributed by atoms with van der Waals surface area (Å²) in [7, 11) is 3.22. The topological polar surface area (TPSA) is 51.8 Å². The number of anilines is 2. The summed E-state index contributed by atoms with van der Waals surface area (Å²) in [6.45, 7) is 0.531. The lowest BCUT2D eigenvalue weighted by atomic mass is 10.2. The van der Waals surface area contributed by atoms with Crippen LogP contribution >= 0.6 is 12.2 Å². The standard InChI is InChI=1S/C22H22N2O3S/c1-25-19-12-13-21(26-2)20(14-19)24-22(28)23-17-8-10-18(11-9-17)27-15-16-6-4-3-5-7-16/h3-14H,15H2,1-2H3,(H2,23,24,28). The Bertz CT molecular complexity index is 915. The van der Waals surface area contributed by atoms with E-state index in [2.05, 4.69) is 10.6 Å². The number of nitrogens with one attached hydrogen (secondary N) is 2. The first-order chi connectivity index (χ1) is 13.7. The third-order valence-electron chi connectivity index (χ3n) is 4.02. The van der Waals surface area contributed by atoms with Crippen molar-refractivity contribution in [1.82, 2.24) is 0 Å². The number of methoxy groups -OCH3 is 2. The molecule has 6 heteroatoms. The summed E-state index contributed by atoms with van der Waals surface area (Å²) in [5.74, 6) is 2.18. The summed E-state index contributed by atoms with van der Waals surface area (Å²) < 4.78 is 16.4. The van der Waals surface area contributed by atoms with Crippen molar-refractivity contribution < 1.29 is 14.2 Å². The van der Waals surface area contributed by atoms with Crippen LogP contribution in [0.1, 0.15) is 5.56 Å². The highest BCUT2D eigenvalue weighted by Crippen LogP contribution is 2.29. The SMILES string of the molecule is COc1ccc(OC)c(NC(=S)Nc2ccc(OCc3ccccc3)cc2)c1. The van der Waals surface area contributed by atoms with Crippen molar-refractivity contribution in [3.63, 3.8) is 0 Å². The molecule has 3 aromatic carbocycles. The minimum atomic E-state index is 0.449. The minimum absolute atomic E-state index is 0.449. The number of hydrogen-bond donors (Lipinski definition) is 2. The molecular formula is C22H22N2O3S. The molecule has 28 heavy (non-hydrogen) atoms. The molecule has 0 bridgehead atoms. The smallest absolute Gasteiger partial charge is 0.175 e. The molecule has 0 saturated heterocycles. The molecule has 0 aliphatic heterocycles. The minimum Gasteiger partial charge on any atom is -0.497 e. The molecule has 0 spiro atoms. The maximum Gasteiger partial charge on any atom is 0.175 e. The molecule has 0 aliphatic carbocycles. The molecule has 0 aliphatic rings. The van der Waals surface area contributed by atoms with Gasteiger partial charge in [0.15, 0.2) is 5.11 Å². The van der Waals surface area contributed by atoms with Crippen LogP contribution in [0.15, 0.2) is 72.8 Å². The van der Waals surface area contributed by atoms with Gasteiger partial charge in [-0.1, -0.05) is 30.3 Å². The zero-order valence-electron chi connectivity index (χ0n) is 15.8. The van der Waals surface area contributed by atoms with Crippen LogP contribution in [0.5, 0.6) is 17.2 Å². The second-order valence-corrected chi connectivity index (χ2v) is 6.35. The van der Waals surface area contributed by atoms with Gasteiger partial charge in [0.05, 0.1) is 19.9 Å². The van der Waals surface area contributed by atoms with E-state index in [-0.39, 0.29) is 0 Å². The Kier molecular flexibility index (Phi) is 6.70. The van der Waals surface area contributed by atoms with Gasteiger partial charge in [0, 0.05) is 11.8 Å². The highest BCUT2D eigenvalue weighted by molar-refractivity contribution is 7.80. The second kappa shape index (κ2) is 9.62. The third-order valence-corrected chi connectivity index (χ3v) is 4.22. The highest BCUT2D eigenvalue weighted by atomic mass is 32.1. The quantitative estimate of drug-likeness (QED) is 0.544. The van der Waals surface area contributed by atoms with Gasteiger partial charge in [-0.25, -0.2) is 0 Å². The molecule has 5 nitrogen and oxygen atoms in total. The molecule has 0 amide bonds. The number of hydrogen-bond acceptors (Lipinski definition) is 4. The van der Waals surface area contributed by atoms with Crippen molar-refractivity contribution in [3.05, 3.63) is 78.4 Å². The van der Waals surface area contributed by atoms with E-state index in [9.17, 15) is 0 Å². The van der Waals surface area contributed by atoms with Crippen LogP contribution < -0.4 is 24.8 Å². The van der Waals surface area contributed by atoms with Crippen molar-refractivity contribution in [2.45, 2.75) is 6.61 Å². The first-order valence-electron chi connectivity index (χ1n) is 8.75. The Labute approximate surface area is 170 Å². The lowest BCUT2D eigenvalue weighted by Gasteiger charge is -2.15. The molecule has 144 valence electrons. The van der Waals surface area contributed by atoms with E-state index in [0.717, 1.165) is 22.7 Å². The Morgan fingerprint density at radius 3 is 2.21 bits per heavy atom. The van der Waals surface area contributed by atoms with Crippen molar-refractivity contribution in [2.24, 2.45) is 0 Å². The van der Waals surface area contributed by atoms with Crippen LogP contribution in [-0.4, -0.2) is 19.3 Å². The van der Waals surface area contributed by atoms with Gasteiger partial charge in [-0.3, -0.25) is 0 Å². The lowest BCUT2D eigenvalue weighted by molar-refractivity contribution is 0.306. The van der Waals surface area contributed by atoms with Gasteiger partial charge in [-0.2, -0.15) is 0 Å². The monoisotopic (exact) mass is 394 g/mol. The summed E-state index contributed by atoms with van der Waals surface area (Å²) in [4.78, 5) is 0. The Morgan fingerprint density at radius 2 is 1.54 bits per heavy atom. The maximum atomic E-state index is 5.80. The van der Waals surface area contributed by atoms with E-state index >= 15 is 0 Å². The molecule has 0 saturated carbocycles. The first-order valence-corrected chi connectivity index (χ1v) is 9.15. The molecule has 0 heterocycles. The lowest BCUT2D eigenvalue weighted by Crippen LogP contribution is -2.19. The van der Waals surface area contributed by atoms with Crippen LogP contribution in [-0.2, 0) is 6.61 Å². The van der Waals surface area contributed by atoms with Crippen LogP contribution in [0, 0.1) is 0 Å². The molecule has 0 fully saturated rings. The maximum absolute atomic E-state index is 5.80. The summed E-state index contributed by atoms with van der Waals surface area (Å²) in [5, 5.41) is 6.73. The number of thiocarbonyl (C=S) groups is 1. The zero-order chi connectivity index (χ0) is 19.8.